The minimum atomic E-state index is -4.33. The number of benzene rings is 1. The molecule has 1 aromatic rings. The summed E-state index contributed by atoms with van der Waals surface area (Å²) in [7, 11) is 0. The summed E-state index contributed by atoms with van der Waals surface area (Å²) in [4.78, 5) is 0. The Bertz CT molecular complexity index is 415. The van der Waals surface area contributed by atoms with E-state index in [4.69, 9.17) is 0 Å². The largest absolute Gasteiger partial charge is 0.410 e. The van der Waals surface area contributed by atoms with Gasteiger partial charge < -0.3 is 5.32 Å². The van der Waals surface area contributed by atoms with Gasteiger partial charge in [0, 0.05) is 0 Å². The molecule has 1 rings (SSSR count). The Labute approximate surface area is 113 Å². The second kappa shape index (κ2) is 5.16. The van der Waals surface area contributed by atoms with Gasteiger partial charge in [0.15, 0.2) is 0 Å². The highest BCUT2D eigenvalue weighted by atomic mass is 19.4. The maximum atomic E-state index is 13.2. The van der Waals surface area contributed by atoms with Gasteiger partial charge in [0.1, 0.15) is 5.54 Å². The molecule has 1 N–H and O–H groups in total. The van der Waals surface area contributed by atoms with Gasteiger partial charge in [-0.25, -0.2) is 0 Å². The quantitative estimate of drug-likeness (QED) is 0.862. The summed E-state index contributed by atoms with van der Waals surface area (Å²) in [6.45, 7) is 9.23. The molecule has 0 radical (unpaired) electrons. The molecule has 0 heterocycles. The van der Waals surface area contributed by atoms with Gasteiger partial charge in [-0.2, -0.15) is 13.2 Å². The fourth-order valence-corrected chi connectivity index (χ4v) is 2.02. The van der Waals surface area contributed by atoms with Crippen LogP contribution in [0.15, 0.2) is 24.3 Å². The molecule has 0 spiro atoms. The molecular formula is C15H22F3N. The van der Waals surface area contributed by atoms with Crippen LogP contribution < -0.4 is 5.32 Å². The van der Waals surface area contributed by atoms with E-state index in [1.807, 2.05) is 20.8 Å². The van der Waals surface area contributed by atoms with Gasteiger partial charge in [-0.3, -0.25) is 0 Å². The third-order valence-electron chi connectivity index (χ3n) is 3.43. The molecule has 1 unspecified atom stereocenters. The number of halogens is 3. The second-order valence-electron chi connectivity index (χ2n) is 5.98. The van der Waals surface area contributed by atoms with Crippen molar-refractivity contribution in [3.63, 3.8) is 0 Å². The Morgan fingerprint density at radius 1 is 0.895 bits per heavy atom. The molecule has 4 heteroatoms. The lowest BCUT2D eigenvalue weighted by molar-refractivity contribution is -0.195. The molecular weight excluding hydrogens is 251 g/mol. The van der Waals surface area contributed by atoms with E-state index in [0.717, 1.165) is 5.56 Å². The fraction of sp³-hybridized carbons (Fsp3) is 0.600. The van der Waals surface area contributed by atoms with Crippen LogP contribution in [0.5, 0.6) is 0 Å². The normalized spacial score (nSPS) is 16.2. The van der Waals surface area contributed by atoms with Crippen molar-refractivity contribution in [2.45, 2.75) is 51.7 Å². The average Bonchev–Trinajstić information content (AvgIpc) is 2.27. The number of rotatable bonds is 3. The molecule has 0 bridgehead atoms. The molecule has 0 amide bonds. The summed E-state index contributed by atoms with van der Waals surface area (Å²) in [5.41, 5.74) is -0.795. The monoisotopic (exact) mass is 273 g/mol. The molecule has 1 atom stereocenters. The lowest BCUT2D eigenvalue weighted by atomic mass is 9.84. The Hall–Kier alpha value is -1.03. The number of alkyl halides is 3. The van der Waals surface area contributed by atoms with E-state index in [9.17, 15) is 13.2 Å². The topological polar surface area (TPSA) is 12.0 Å². The van der Waals surface area contributed by atoms with Crippen LogP contribution in [0.1, 0.15) is 45.7 Å². The van der Waals surface area contributed by atoms with E-state index in [0.29, 0.717) is 0 Å². The third-order valence-corrected chi connectivity index (χ3v) is 3.43. The van der Waals surface area contributed by atoms with Crippen LogP contribution in [0.25, 0.3) is 0 Å². The Balaban J connectivity index is 3.20. The summed E-state index contributed by atoms with van der Waals surface area (Å²) in [5, 5.41) is 2.55. The molecule has 0 aliphatic heterocycles. The lowest BCUT2D eigenvalue weighted by Crippen LogP contribution is -2.51. The Kier molecular flexibility index (Phi) is 4.35. The summed E-state index contributed by atoms with van der Waals surface area (Å²) in [5.74, 6) is 0. The van der Waals surface area contributed by atoms with Gasteiger partial charge in [-0.05, 0) is 30.0 Å². The van der Waals surface area contributed by atoms with Crippen molar-refractivity contribution in [2.75, 3.05) is 6.54 Å². The van der Waals surface area contributed by atoms with E-state index in [2.05, 4.69) is 5.32 Å². The van der Waals surface area contributed by atoms with Gasteiger partial charge in [0.2, 0.25) is 0 Å². The molecule has 1 aromatic carbocycles. The van der Waals surface area contributed by atoms with Gasteiger partial charge in [0.05, 0.1) is 0 Å². The van der Waals surface area contributed by atoms with Gasteiger partial charge in [-0.1, -0.05) is 52.0 Å². The fourth-order valence-electron chi connectivity index (χ4n) is 2.02. The molecule has 1 nitrogen and oxygen atoms in total. The molecule has 0 aliphatic rings. The second-order valence-corrected chi connectivity index (χ2v) is 5.98. The number of hydrogen-bond donors (Lipinski definition) is 1. The number of hydrogen-bond acceptors (Lipinski definition) is 1. The van der Waals surface area contributed by atoms with Crippen molar-refractivity contribution in [1.82, 2.24) is 5.32 Å². The lowest BCUT2D eigenvalue weighted by Gasteiger charge is -2.34. The molecule has 0 fully saturated rings. The first-order chi connectivity index (χ1) is 8.52. The summed E-state index contributed by atoms with van der Waals surface area (Å²) >= 11 is 0. The van der Waals surface area contributed by atoms with E-state index < -0.39 is 11.7 Å². The van der Waals surface area contributed by atoms with E-state index in [1.54, 1.807) is 31.2 Å². The highest BCUT2D eigenvalue weighted by Gasteiger charge is 2.51. The first kappa shape index (κ1) is 16.0. The van der Waals surface area contributed by atoms with Crippen molar-refractivity contribution in [1.29, 1.82) is 0 Å². The van der Waals surface area contributed by atoms with Crippen LogP contribution in [0.4, 0.5) is 13.2 Å². The molecule has 19 heavy (non-hydrogen) atoms. The zero-order valence-corrected chi connectivity index (χ0v) is 12.2. The number of nitrogens with one attached hydrogen (secondary N) is 1. The predicted molar refractivity (Wildman–Crippen MR) is 72.2 cm³/mol. The smallest absolute Gasteiger partial charge is 0.300 e. The van der Waals surface area contributed by atoms with Crippen LogP contribution in [0, 0.1) is 0 Å². The van der Waals surface area contributed by atoms with Crippen LogP contribution >= 0.6 is 0 Å². The minimum Gasteiger partial charge on any atom is -0.300 e. The first-order valence-corrected chi connectivity index (χ1v) is 6.45. The van der Waals surface area contributed by atoms with Crippen LogP contribution in [-0.4, -0.2) is 12.7 Å². The van der Waals surface area contributed by atoms with Crippen LogP contribution in [-0.2, 0) is 11.0 Å². The van der Waals surface area contributed by atoms with Crippen molar-refractivity contribution in [2.24, 2.45) is 0 Å². The van der Waals surface area contributed by atoms with Crippen molar-refractivity contribution in [3.05, 3.63) is 35.4 Å². The van der Waals surface area contributed by atoms with Crippen molar-refractivity contribution < 1.29 is 13.2 Å². The first-order valence-electron chi connectivity index (χ1n) is 6.45. The summed E-state index contributed by atoms with van der Waals surface area (Å²) in [6.07, 6.45) is -4.33. The van der Waals surface area contributed by atoms with Crippen LogP contribution in [0.2, 0.25) is 0 Å². The maximum Gasteiger partial charge on any atom is 0.410 e. The van der Waals surface area contributed by atoms with Crippen molar-refractivity contribution in [3.8, 4) is 0 Å². The third kappa shape index (κ3) is 3.30. The highest BCUT2D eigenvalue weighted by molar-refractivity contribution is 5.32. The van der Waals surface area contributed by atoms with E-state index in [1.165, 1.54) is 6.92 Å². The molecule has 0 aromatic heterocycles. The summed E-state index contributed by atoms with van der Waals surface area (Å²) in [6, 6.07) is 6.68. The zero-order chi connectivity index (χ0) is 14.9. The molecule has 0 aliphatic carbocycles. The average molecular weight is 273 g/mol. The van der Waals surface area contributed by atoms with Crippen LogP contribution in [0.3, 0.4) is 0 Å². The molecule has 0 saturated heterocycles. The van der Waals surface area contributed by atoms with Gasteiger partial charge in [0.25, 0.3) is 0 Å². The SMILES string of the molecule is CCNC(C)(c1ccc(C(C)(C)C)cc1)C(F)(F)F. The summed E-state index contributed by atoms with van der Waals surface area (Å²) < 4.78 is 39.7. The standard InChI is InChI=1S/C15H22F3N/c1-6-19-14(5,15(16,17)18)12-9-7-11(8-10-12)13(2,3)4/h7-10,19H,6H2,1-5H3. The predicted octanol–water partition coefficient (Wildman–Crippen LogP) is 4.37. The van der Waals surface area contributed by atoms with E-state index >= 15 is 0 Å². The minimum absolute atomic E-state index is 0.0641. The Morgan fingerprint density at radius 3 is 1.63 bits per heavy atom. The van der Waals surface area contributed by atoms with Gasteiger partial charge in [-0.15, -0.1) is 0 Å². The van der Waals surface area contributed by atoms with E-state index in [-0.39, 0.29) is 17.5 Å². The van der Waals surface area contributed by atoms with Crippen molar-refractivity contribution >= 4 is 0 Å². The molecule has 108 valence electrons. The highest BCUT2D eigenvalue weighted by Crippen LogP contribution is 2.39. The Morgan fingerprint density at radius 2 is 1.32 bits per heavy atom. The maximum absolute atomic E-state index is 13.2. The zero-order valence-electron chi connectivity index (χ0n) is 12.2. The molecule has 0 saturated carbocycles. The van der Waals surface area contributed by atoms with Gasteiger partial charge >= 0.3 is 6.18 Å².